The van der Waals surface area contributed by atoms with Crippen LogP contribution in [0.1, 0.15) is 86.5 Å². The first kappa shape index (κ1) is 21.5. The molecule has 0 spiro atoms. The second kappa shape index (κ2) is 8.48. The molecule has 0 bridgehead atoms. The molecule has 3 aliphatic carbocycles. The van der Waals surface area contributed by atoms with Gasteiger partial charge in [0.1, 0.15) is 0 Å². The monoisotopic (exact) mass is 364 g/mol. The van der Waals surface area contributed by atoms with Gasteiger partial charge in [-0.3, -0.25) is 0 Å². The van der Waals surface area contributed by atoms with Gasteiger partial charge in [-0.25, -0.2) is 0 Å². The van der Waals surface area contributed by atoms with Crippen LogP contribution in [0.4, 0.5) is 0 Å². The Hall–Kier alpha value is -1.80. The van der Waals surface area contributed by atoms with E-state index in [1.54, 1.807) is 17.2 Å². The Morgan fingerprint density at radius 3 is 2.00 bits per heavy atom. The van der Waals surface area contributed by atoms with Gasteiger partial charge in [-0.15, -0.1) is 0 Å². The van der Waals surface area contributed by atoms with Crippen molar-refractivity contribution in [3.8, 4) is 12.1 Å². The SMILES string of the molecule is CC1=C(/C=C/C#N)C(C)(C)CCC1.CC1=C(C2CC2C#N)C(C)(C)CCC1. The van der Waals surface area contributed by atoms with E-state index in [0.717, 1.165) is 6.42 Å². The Labute approximate surface area is 166 Å². The molecule has 1 fully saturated rings. The molecule has 0 N–H and O–H groups in total. The predicted molar refractivity (Wildman–Crippen MR) is 113 cm³/mol. The molecule has 0 aliphatic heterocycles. The zero-order valence-electron chi connectivity index (χ0n) is 18.2. The first-order chi connectivity index (χ1) is 12.6. The highest BCUT2D eigenvalue weighted by molar-refractivity contribution is 5.34. The molecule has 0 saturated heterocycles. The summed E-state index contributed by atoms with van der Waals surface area (Å²) in [6, 6.07) is 4.47. The van der Waals surface area contributed by atoms with Gasteiger partial charge in [0.2, 0.25) is 0 Å². The average Bonchev–Trinajstić information content (AvgIpc) is 3.33. The topological polar surface area (TPSA) is 47.6 Å². The van der Waals surface area contributed by atoms with Crippen LogP contribution in [0, 0.1) is 45.3 Å². The van der Waals surface area contributed by atoms with Gasteiger partial charge in [0.05, 0.1) is 18.1 Å². The summed E-state index contributed by atoms with van der Waals surface area (Å²) in [5.41, 5.74) is 6.62. The summed E-state index contributed by atoms with van der Waals surface area (Å²) in [7, 11) is 0. The van der Waals surface area contributed by atoms with E-state index >= 15 is 0 Å². The summed E-state index contributed by atoms with van der Waals surface area (Å²) in [5, 5.41) is 17.4. The third-order valence-corrected chi connectivity index (χ3v) is 6.74. The third kappa shape index (κ3) is 5.13. The van der Waals surface area contributed by atoms with Crippen LogP contribution >= 0.6 is 0 Å². The molecule has 146 valence electrons. The number of hydrogen-bond acceptors (Lipinski definition) is 2. The lowest BCUT2D eigenvalue weighted by Gasteiger charge is -2.35. The average molecular weight is 365 g/mol. The molecule has 3 aliphatic rings. The number of allylic oxidation sites excluding steroid dienone is 6. The van der Waals surface area contributed by atoms with Crippen LogP contribution in [0.5, 0.6) is 0 Å². The van der Waals surface area contributed by atoms with Crippen molar-refractivity contribution in [1.82, 2.24) is 0 Å². The molecular formula is C25H36N2. The zero-order valence-corrected chi connectivity index (χ0v) is 18.2. The molecule has 0 heterocycles. The van der Waals surface area contributed by atoms with E-state index in [9.17, 15) is 0 Å². The molecule has 0 amide bonds. The minimum Gasteiger partial charge on any atom is -0.198 e. The lowest BCUT2D eigenvalue weighted by Crippen LogP contribution is -2.22. The number of nitrogens with zero attached hydrogens (tertiary/aromatic N) is 2. The molecule has 2 unspecified atom stereocenters. The van der Waals surface area contributed by atoms with Crippen molar-refractivity contribution in [1.29, 1.82) is 10.5 Å². The minimum atomic E-state index is 0.260. The molecule has 0 aromatic heterocycles. The first-order valence-electron chi connectivity index (χ1n) is 10.5. The number of rotatable bonds is 2. The highest BCUT2D eigenvalue weighted by atomic mass is 14.5. The normalized spacial score (nSPS) is 28.9. The molecule has 0 aromatic rings. The van der Waals surface area contributed by atoms with Gasteiger partial charge in [0.15, 0.2) is 0 Å². The first-order valence-corrected chi connectivity index (χ1v) is 10.5. The highest BCUT2D eigenvalue weighted by Gasteiger charge is 2.46. The molecular weight excluding hydrogens is 328 g/mol. The second-order valence-corrected chi connectivity index (χ2v) is 9.90. The van der Waals surface area contributed by atoms with E-state index in [-0.39, 0.29) is 5.41 Å². The summed E-state index contributed by atoms with van der Waals surface area (Å²) in [6.45, 7) is 13.6. The van der Waals surface area contributed by atoms with E-state index in [2.05, 4.69) is 53.7 Å². The van der Waals surface area contributed by atoms with Crippen molar-refractivity contribution >= 4 is 0 Å². The Bertz CT molecular complexity index is 731. The minimum absolute atomic E-state index is 0.260. The molecule has 2 heteroatoms. The zero-order chi connectivity index (χ0) is 20.2. The van der Waals surface area contributed by atoms with E-state index in [1.807, 2.05) is 6.08 Å². The van der Waals surface area contributed by atoms with Gasteiger partial charge in [0, 0.05) is 6.08 Å². The van der Waals surface area contributed by atoms with Crippen molar-refractivity contribution in [3.05, 3.63) is 34.4 Å². The van der Waals surface area contributed by atoms with E-state index in [4.69, 9.17) is 10.5 Å². The molecule has 27 heavy (non-hydrogen) atoms. The predicted octanol–water partition coefficient (Wildman–Crippen LogP) is 7.27. The fraction of sp³-hybridized carbons (Fsp3) is 0.680. The van der Waals surface area contributed by atoms with Gasteiger partial charge in [0.25, 0.3) is 0 Å². The molecule has 0 aromatic carbocycles. The smallest absolute Gasteiger partial charge is 0.0912 e. The van der Waals surface area contributed by atoms with Crippen LogP contribution in [-0.2, 0) is 0 Å². The van der Waals surface area contributed by atoms with Gasteiger partial charge >= 0.3 is 0 Å². The summed E-state index contributed by atoms with van der Waals surface area (Å²) < 4.78 is 0. The third-order valence-electron chi connectivity index (χ3n) is 6.74. The van der Waals surface area contributed by atoms with Crippen molar-refractivity contribution in [3.63, 3.8) is 0 Å². The molecule has 1 saturated carbocycles. The van der Waals surface area contributed by atoms with Crippen LogP contribution in [0.2, 0.25) is 0 Å². The van der Waals surface area contributed by atoms with Crippen molar-refractivity contribution in [2.75, 3.05) is 0 Å². The lowest BCUT2D eigenvalue weighted by atomic mass is 9.70. The van der Waals surface area contributed by atoms with Crippen LogP contribution in [0.15, 0.2) is 34.4 Å². The summed E-state index contributed by atoms with van der Waals surface area (Å²) in [6.07, 6.45) is 12.3. The Kier molecular flexibility index (Phi) is 6.75. The second-order valence-electron chi connectivity index (χ2n) is 9.90. The number of hydrogen-bond donors (Lipinski definition) is 0. The standard InChI is InChI=1S/C13H19N.C12H17N/c1-9-5-4-6-13(2,3)12(9)11-7-10(11)8-14;1-10-6-4-8-12(2,3)11(10)7-5-9-13/h10-11H,4-7H2,1-3H3;5,7H,4,6,8H2,1-3H3/b;7-5+. The van der Waals surface area contributed by atoms with Crippen molar-refractivity contribution < 1.29 is 0 Å². The Morgan fingerprint density at radius 1 is 0.926 bits per heavy atom. The van der Waals surface area contributed by atoms with Crippen molar-refractivity contribution in [2.45, 2.75) is 86.5 Å². The summed E-state index contributed by atoms with van der Waals surface area (Å²) in [4.78, 5) is 0. The van der Waals surface area contributed by atoms with Crippen LogP contribution in [-0.4, -0.2) is 0 Å². The van der Waals surface area contributed by atoms with Crippen LogP contribution < -0.4 is 0 Å². The lowest BCUT2D eigenvalue weighted by molar-refractivity contribution is 0.347. The van der Waals surface area contributed by atoms with Gasteiger partial charge < -0.3 is 0 Å². The highest BCUT2D eigenvalue weighted by Crippen LogP contribution is 2.54. The largest absolute Gasteiger partial charge is 0.198 e. The fourth-order valence-electron chi connectivity index (χ4n) is 5.25. The summed E-state index contributed by atoms with van der Waals surface area (Å²) >= 11 is 0. The number of nitriles is 2. The maximum atomic E-state index is 8.89. The molecule has 2 nitrogen and oxygen atoms in total. The fourth-order valence-corrected chi connectivity index (χ4v) is 5.25. The molecule has 0 radical (unpaired) electrons. The van der Waals surface area contributed by atoms with Gasteiger partial charge in [-0.2, -0.15) is 10.5 Å². The maximum absolute atomic E-state index is 8.89. The summed E-state index contributed by atoms with van der Waals surface area (Å²) in [5.74, 6) is 0.938. The molecule has 3 rings (SSSR count). The van der Waals surface area contributed by atoms with Crippen LogP contribution in [0.25, 0.3) is 0 Å². The van der Waals surface area contributed by atoms with Gasteiger partial charge in [-0.05, 0) is 87.2 Å². The maximum Gasteiger partial charge on any atom is 0.0912 e. The molecule has 2 atom stereocenters. The Balaban J connectivity index is 0.000000194. The Morgan fingerprint density at radius 2 is 1.52 bits per heavy atom. The van der Waals surface area contributed by atoms with E-state index < -0.39 is 0 Å². The van der Waals surface area contributed by atoms with Crippen LogP contribution in [0.3, 0.4) is 0 Å². The van der Waals surface area contributed by atoms with E-state index in [1.165, 1.54) is 49.7 Å². The van der Waals surface area contributed by atoms with Crippen molar-refractivity contribution in [2.24, 2.45) is 22.7 Å². The quantitative estimate of drug-likeness (QED) is 0.382. The van der Waals surface area contributed by atoms with E-state index in [0.29, 0.717) is 17.3 Å². The van der Waals surface area contributed by atoms with Gasteiger partial charge in [-0.1, -0.05) is 44.4 Å².